The molecule has 1 aromatic rings. The summed E-state index contributed by atoms with van der Waals surface area (Å²) in [5, 5.41) is 8.93. The van der Waals surface area contributed by atoms with Crippen LogP contribution in [0.15, 0.2) is 18.2 Å². The lowest BCUT2D eigenvalue weighted by Gasteiger charge is -2.16. The van der Waals surface area contributed by atoms with Crippen molar-refractivity contribution in [1.82, 2.24) is 4.90 Å². The number of rotatable bonds is 5. The van der Waals surface area contributed by atoms with Crippen molar-refractivity contribution < 1.29 is 14.6 Å². The number of nitrogens with zero attached hydrogens (tertiary/aromatic N) is 1. The number of ether oxygens (including phenoxy) is 1. The van der Waals surface area contributed by atoms with Crippen molar-refractivity contribution in [2.24, 2.45) is 0 Å². The fourth-order valence-corrected chi connectivity index (χ4v) is 2.18. The van der Waals surface area contributed by atoms with Crippen LogP contribution < -0.4 is 4.74 Å². The monoisotopic (exact) mass is 249 g/mol. The van der Waals surface area contributed by atoms with Crippen molar-refractivity contribution in [3.8, 4) is 5.75 Å². The summed E-state index contributed by atoms with van der Waals surface area (Å²) in [6, 6.07) is 4.99. The number of likely N-dealkylation sites (tertiary alicyclic amines) is 1. The average Bonchev–Trinajstić information content (AvgIpc) is 2.84. The molecule has 1 heterocycles. The molecule has 0 unspecified atom stereocenters. The van der Waals surface area contributed by atoms with Crippen molar-refractivity contribution in [2.75, 3.05) is 26.2 Å². The van der Waals surface area contributed by atoms with E-state index >= 15 is 0 Å². The first-order valence-corrected chi connectivity index (χ1v) is 6.36. The molecule has 1 aliphatic rings. The van der Waals surface area contributed by atoms with E-state index in [4.69, 9.17) is 9.84 Å². The van der Waals surface area contributed by atoms with Gasteiger partial charge in [0.05, 0.1) is 5.56 Å². The minimum Gasteiger partial charge on any atom is -0.492 e. The topological polar surface area (TPSA) is 49.8 Å². The summed E-state index contributed by atoms with van der Waals surface area (Å²) in [7, 11) is 0. The SMILES string of the molecule is Cc1ccc(C(=O)O)cc1OCCN1CCCC1. The van der Waals surface area contributed by atoms with E-state index in [-0.39, 0.29) is 5.56 Å². The van der Waals surface area contributed by atoms with Crippen molar-refractivity contribution in [1.29, 1.82) is 0 Å². The minimum absolute atomic E-state index is 0.275. The molecular formula is C14H19NO3. The molecule has 1 saturated heterocycles. The molecule has 2 rings (SSSR count). The summed E-state index contributed by atoms with van der Waals surface area (Å²) in [5.74, 6) is -0.242. The number of carboxylic acids is 1. The standard InChI is InChI=1S/C14H19NO3/c1-11-4-5-12(14(16)17)10-13(11)18-9-8-15-6-2-3-7-15/h4-5,10H,2-3,6-9H2,1H3,(H,16,17). The number of benzene rings is 1. The molecule has 0 bridgehead atoms. The number of carboxylic acid groups (broad SMARTS) is 1. The zero-order valence-electron chi connectivity index (χ0n) is 10.7. The van der Waals surface area contributed by atoms with E-state index in [1.807, 2.05) is 6.92 Å². The van der Waals surface area contributed by atoms with Gasteiger partial charge in [0.2, 0.25) is 0 Å². The van der Waals surface area contributed by atoms with Crippen LogP contribution in [0, 0.1) is 6.92 Å². The van der Waals surface area contributed by atoms with E-state index in [2.05, 4.69) is 4.90 Å². The number of hydrogen-bond donors (Lipinski definition) is 1. The Morgan fingerprint density at radius 3 is 2.78 bits per heavy atom. The third-order valence-electron chi connectivity index (χ3n) is 3.30. The molecule has 4 heteroatoms. The zero-order chi connectivity index (χ0) is 13.0. The predicted octanol–water partition coefficient (Wildman–Crippen LogP) is 2.17. The van der Waals surface area contributed by atoms with Crippen LogP contribution in [0.5, 0.6) is 5.75 Å². The van der Waals surface area contributed by atoms with Gasteiger partial charge in [0.1, 0.15) is 12.4 Å². The van der Waals surface area contributed by atoms with E-state index in [9.17, 15) is 4.79 Å². The summed E-state index contributed by atoms with van der Waals surface area (Å²) < 4.78 is 5.68. The predicted molar refractivity (Wildman–Crippen MR) is 69.3 cm³/mol. The van der Waals surface area contributed by atoms with E-state index < -0.39 is 5.97 Å². The van der Waals surface area contributed by atoms with Gasteiger partial charge in [-0.05, 0) is 50.6 Å². The van der Waals surface area contributed by atoms with Crippen LogP contribution >= 0.6 is 0 Å². The van der Waals surface area contributed by atoms with Gasteiger partial charge in [0.15, 0.2) is 0 Å². The highest BCUT2D eigenvalue weighted by Gasteiger charge is 2.12. The minimum atomic E-state index is -0.917. The molecule has 0 spiro atoms. The molecule has 1 N–H and O–H groups in total. The summed E-state index contributed by atoms with van der Waals surface area (Å²) in [4.78, 5) is 13.3. The Kier molecular flexibility index (Phi) is 4.20. The van der Waals surface area contributed by atoms with Gasteiger partial charge in [-0.25, -0.2) is 4.79 Å². The maximum Gasteiger partial charge on any atom is 0.335 e. The second kappa shape index (κ2) is 5.87. The van der Waals surface area contributed by atoms with Crippen LogP contribution in [0.1, 0.15) is 28.8 Å². The molecule has 0 aliphatic carbocycles. The second-order valence-corrected chi connectivity index (χ2v) is 4.68. The third kappa shape index (κ3) is 3.23. The molecule has 98 valence electrons. The molecule has 0 radical (unpaired) electrons. The van der Waals surface area contributed by atoms with Crippen LogP contribution in [0.3, 0.4) is 0 Å². The second-order valence-electron chi connectivity index (χ2n) is 4.68. The van der Waals surface area contributed by atoms with Gasteiger partial charge in [-0.3, -0.25) is 4.90 Å². The van der Waals surface area contributed by atoms with Crippen molar-refractivity contribution in [3.63, 3.8) is 0 Å². The van der Waals surface area contributed by atoms with E-state index in [1.165, 1.54) is 12.8 Å². The Labute approximate surface area is 107 Å². The lowest BCUT2D eigenvalue weighted by Crippen LogP contribution is -2.25. The first-order chi connectivity index (χ1) is 8.66. The lowest BCUT2D eigenvalue weighted by molar-refractivity contribution is 0.0696. The molecule has 0 atom stereocenters. The number of aryl methyl sites for hydroxylation is 1. The summed E-state index contributed by atoms with van der Waals surface area (Å²) >= 11 is 0. The van der Waals surface area contributed by atoms with E-state index in [0.29, 0.717) is 12.4 Å². The highest BCUT2D eigenvalue weighted by atomic mass is 16.5. The highest BCUT2D eigenvalue weighted by Crippen LogP contribution is 2.19. The van der Waals surface area contributed by atoms with Crippen LogP contribution in [-0.4, -0.2) is 42.2 Å². The normalized spacial score (nSPS) is 15.8. The molecule has 1 aromatic carbocycles. The van der Waals surface area contributed by atoms with Gasteiger partial charge in [-0.1, -0.05) is 6.07 Å². The molecule has 1 fully saturated rings. The summed E-state index contributed by atoms with van der Waals surface area (Å²) in [5.41, 5.74) is 1.25. The van der Waals surface area contributed by atoms with Gasteiger partial charge < -0.3 is 9.84 Å². The van der Waals surface area contributed by atoms with Crippen LogP contribution in [0.25, 0.3) is 0 Å². The fraction of sp³-hybridized carbons (Fsp3) is 0.500. The number of carbonyl (C=O) groups is 1. The first-order valence-electron chi connectivity index (χ1n) is 6.36. The molecule has 1 aliphatic heterocycles. The van der Waals surface area contributed by atoms with Crippen molar-refractivity contribution >= 4 is 5.97 Å². The fourth-order valence-electron chi connectivity index (χ4n) is 2.18. The Bertz CT molecular complexity index is 425. The maximum absolute atomic E-state index is 10.9. The van der Waals surface area contributed by atoms with Gasteiger partial charge in [0.25, 0.3) is 0 Å². The number of hydrogen-bond acceptors (Lipinski definition) is 3. The Morgan fingerprint density at radius 1 is 1.39 bits per heavy atom. The largest absolute Gasteiger partial charge is 0.492 e. The van der Waals surface area contributed by atoms with Crippen LogP contribution in [0.2, 0.25) is 0 Å². The lowest BCUT2D eigenvalue weighted by atomic mass is 10.1. The third-order valence-corrected chi connectivity index (χ3v) is 3.30. The Morgan fingerprint density at radius 2 is 2.11 bits per heavy atom. The smallest absolute Gasteiger partial charge is 0.335 e. The van der Waals surface area contributed by atoms with Crippen LogP contribution in [0.4, 0.5) is 0 Å². The Hall–Kier alpha value is -1.55. The zero-order valence-corrected chi connectivity index (χ0v) is 10.7. The molecule has 18 heavy (non-hydrogen) atoms. The number of aromatic carboxylic acids is 1. The van der Waals surface area contributed by atoms with Gasteiger partial charge >= 0.3 is 5.97 Å². The molecule has 4 nitrogen and oxygen atoms in total. The molecule has 0 aromatic heterocycles. The summed E-state index contributed by atoms with van der Waals surface area (Å²) in [6.07, 6.45) is 2.54. The van der Waals surface area contributed by atoms with Crippen molar-refractivity contribution in [2.45, 2.75) is 19.8 Å². The average molecular weight is 249 g/mol. The van der Waals surface area contributed by atoms with Gasteiger partial charge in [-0.2, -0.15) is 0 Å². The van der Waals surface area contributed by atoms with Crippen LogP contribution in [-0.2, 0) is 0 Å². The highest BCUT2D eigenvalue weighted by molar-refractivity contribution is 5.88. The van der Waals surface area contributed by atoms with Gasteiger partial charge in [-0.15, -0.1) is 0 Å². The molecular weight excluding hydrogens is 230 g/mol. The quantitative estimate of drug-likeness (QED) is 0.869. The maximum atomic E-state index is 10.9. The first kappa shape index (κ1) is 12.9. The molecule has 0 saturated carbocycles. The van der Waals surface area contributed by atoms with Crippen molar-refractivity contribution in [3.05, 3.63) is 29.3 Å². The molecule has 0 amide bonds. The van der Waals surface area contributed by atoms with E-state index in [0.717, 1.165) is 25.2 Å². The van der Waals surface area contributed by atoms with Gasteiger partial charge in [0, 0.05) is 6.54 Å². The van der Waals surface area contributed by atoms with E-state index in [1.54, 1.807) is 18.2 Å². The summed E-state index contributed by atoms with van der Waals surface area (Å²) in [6.45, 7) is 5.76. The Balaban J connectivity index is 1.91.